The molecule has 2 aromatic carbocycles. The molecule has 1 amide bonds. The fourth-order valence-electron chi connectivity index (χ4n) is 3.06. The highest BCUT2D eigenvalue weighted by atomic mass is 79.9. The number of halogens is 2. The van der Waals surface area contributed by atoms with Crippen LogP contribution in [0.1, 0.15) is 35.7 Å². The minimum Gasteiger partial charge on any atom is -0.464 e. The Hall–Kier alpha value is -2.21. The van der Waals surface area contributed by atoms with Crippen molar-refractivity contribution in [3.8, 4) is 0 Å². The molecule has 1 aliphatic rings. The third-order valence-electron chi connectivity index (χ3n) is 4.51. The molecule has 1 fully saturated rings. The van der Waals surface area contributed by atoms with Gasteiger partial charge in [0.1, 0.15) is 11.9 Å². The Balaban J connectivity index is 1.93. The lowest BCUT2D eigenvalue weighted by atomic mass is 10.0. The zero-order chi connectivity index (χ0) is 19.4. The van der Waals surface area contributed by atoms with Crippen LogP contribution in [0.5, 0.6) is 0 Å². The van der Waals surface area contributed by atoms with Gasteiger partial charge in [-0.3, -0.25) is 4.79 Å². The monoisotopic (exact) mass is 433 g/mol. The SMILES string of the molecule is CCOC(=O)C(Cc1ccccc1)N(C(=O)c1ccc(Br)c(F)c1)C1CC1. The Morgan fingerprint density at radius 3 is 2.52 bits per heavy atom. The molecule has 142 valence electrons. The standard InChI is InChI=1S/C21H21BrFNO3/c1-2-27-21(26)19(12-14-6-4-3-5-7-14)24(16-9-10-16)20(25)15-8-11-17(22)18(23)13-15/h3-8,11,13,16,19H,2,9-10,12H2,1H3. The molecule has 6 heteroatoms. The minimum atomic E-state index is -0.737. The molecule has 0 heterocycles. The third kappa shape index (κ3) is 4.75. The molecule has 0 aliphatic heterocycles. The number of hydrogen-bond donors (Lipinski definition) is 0. The number of amides is 1. The highest BCUT2D eigenvalue weighted by molar-refractivity contribution is 9.10. The second-order valence-electron chi connectivity index (χ2n) is 6.53. The molecule has 4 nitrogen and oxygen atoms in total. The predicted molar refractivity (Wildman–Crippen MR) is 104 cm³/mol. The number of benzene rings is 2. The first-order valence-corrected chi connectivity index (χ1v) is 9.78. The maximum atomic E-state index is 13.9. The second kappa shape index (κ2) is 8.65. The van der Waals surface area contributed by atoms with E-state index in [2.05, 4.69) is 15.9 Å². The van der Waals surface area contributed by atoms with Crippen LogP contribution in [0.2, 0.25) is 0 Å². The fourth-order valence-corrected chi connectivity index (χ4v) is 3.31. The molecular formula is C21H21BrFNO3. The summed E-state index contributed by atoms with van der Waals surface area (Å²) in [6, 6.07) is 13.0. The van der Waals surface area contributed by atoms with E-state index in [1.807, 2.05) is 30.3 Å². The van der Waals surface area contributed by atoms with Crippen LogP contribution < -0.4 is 0 Å². The molecule has 0 aromatic heterocycles. The molecule has 0 bridgehead atoms. The normalized spacial score (nSPS) is 14.5. The van der Waals surface area contributed by atoms with Gasteiger partial charge in [0, 0.05) is 18.0 Å². The van der Waals surface area contributed by atoms with Crippen LogP contribution in [0.4, 0.5) is 4.39 Å². The Morgan fingerprint density at radius 1 is 1.22 bits per heavy atom. The highest BCUT2D eigenvalue weighted by Gasteiger charge is 2.41. The molecule has 1 saturated carbocycles. The molecular weight excluding hydrogens is 413 g/mol. The van der Waals surface area contributed by atoms with Crippen molar-refractivity contribution in [2.75, 3.05) is 6.61 Å². The number of esters is 1. The van der Waals surface area contributed by atoms with Crippen LogP contribution in [0.3, 0.4) is 0 Å². The lowest BCUT2D eigenvalue weighted by Gasteiger charge is -2.30. The van der Waals surface area contributed by atoms with Gasteiger partial charge in [0.15, 0.2) is 0 Å². The van der Waals surface area contributed by atoms with Crippen molar-refractivity contribution in [3.63, 3.8) is 0 Å². The molecule has 0 saturated heterocycles. The summed E-state index contributed by atoms with van der Waals surface area (Å²) in [6.07, 6.45) is 2.02. The van der Waals surface area contributed by atoms with E-state index < -0.39 is 17.8 Å². The average Bonchev–Trinajstić information content (AvgIpc) is 3.49. The van der Waals surface area contributed by atoms with Gasteiger partial charge in [0.25, 0.3) is 5.91 Å². The van der Waals surface area contributed by atoms with E-state index in [9.17, 15) is 14.0 Å². The van der Waals surface area contributed by atoms with Gasteiger partial charge in [-0.05, 0) is 59.5 Å². The molecule has 1 aliphatic carbocycles. The van der Waals surface area contributed by atoms with Gasteiger partial charge in [-0.2, -0.15) is 0 Å². The first kappa shape index (κ1) is 19.5. The zero-order valence-electron chi connectivity index (χ0n) is 15.0. The van der Waals surface area contributed by atoms with Crippen LogP contribution in [0.15, 0.2) is 53.0 Å². The van der Waals surface area contributed by atoms with Crippen molar-refractivity contribution >= 4 is 27.8 Å². The molecule has 3 rings (SSSR count). The van der Waals surface area contributed by atoms with Crippen LogP contribution in [0.25, 0.3) is 0 Å². The van der Waals surface area contributed by atoms with Gasteiger partial charge < -0.3 is 9.64 Å². The number of carbonyl (C=O) groups excluding carboxylic acids is 2. The Morgan fingerprint density at radius 2 is 1.93 bits per heavy atom. The fraction of sp³-hybridized carbons (Fsp3) is 0.333. The molecule has 0 N–H and O–H groups in total. The Labute approximate surface area is 166 Å². The first-order chi connectivity index (χ1) is 13.0. The zero-order valence-corrected chi connectivity index (χ0v) is 16.6. The minimum absolute atomic E-state index is 0.0256. The van der Waals surface area contributed by atoms with E-state index in [1.54, 1.807) is 17.9 Å². The molecule has 0 spiro atoms. The number of ether oxygens (including phenoxy) is 1. The molecule has 2 aromatic rings. The maximum Gasteiger partial charge on any atom is 0.329 e. The summed E-state index contributed by atoms with van der Waals surface area (Å²) >= 11 is 3.10. The van der Waals surface area contributed by atoms with E-state index in [4.69, 9.17) is 4.74 Å². The lowest BCUT2D eigenvalue weighted by molar-refractivity contribution is -0.148. The van der Waals surface area contributed by atoms with E-state index in [1.165, 1.54) is 12.1 Å². The van der Waals surface area contributed by atoms with E-state index >= 15 is 0 Å². The largest absolute Gasteiger partial charge is 0.464 e. The highest BCUT2D eigenvalue weighted by Crippen LogP contribution is 2.32. The average molecular weight is 434 g/mol. The van der Waals surface area contributed by atoms with Crippen molar-refractivity contribution < 1.29 is 18.7 Å². The van der Waals surface area contributed by atoms with Crippen molar-refractivity contribution in [2.45, 2.75) is 38.3 Å². The van der Waals surface area contributed by atoms with Crippen LogP contribution in [-0.4, -0.2) is 35.5 Å². The maximum absolute atomic E-state index is 13.9. The molecule has 1 atom stereocenters. The van der Waals surface area contributed by atoms with Crippen LogP contribution >= 0.6 is 15.9 Å². The summed E-state index contributed by atoms with van der Waals surface area (Å²) < 4.78 is 19.5. The van der Waals surface area contributed by atoms with Gasteiger partial charge >= 0.3 is 5.97 Å². The number of hydrogen-bond acceptors (Lipinski definition) is 3. The summed E-state index contributed by atoms with van der Waals surface area (Å²) in [5, 5.41) is 0. The quantitative estimate of drug-likeness (QED) is 0.609. The van der Waals surface area contributed by atoms with E-state index in [0.29, 0.717) is 10.9 Å². The lowest BCUT2D eigenvalue weighted by Crippen LogP contribution is -2.48. The van der Waals surface area contributed by atoms with Gasteiger partial charge in [-0.1, -0.05) is 30.3 Å². The summed E-state index contributed by atoms with van der Waals surface area (Å²) in [5.41, 5.74) is 1.17. The van der Waals surface area contributed by atoms with Crippen LogP contribution in [-0.2, 0) is 16.0 Å². The summed E-state index contributed by atoms with van der Waals surface area (Å²) in [4.78, 5) is 27.4. The summed E-state index contributed by atoms with van der Waals surface area (Å²) in [7, 11) is 0. The van der Waals surface area contributed by atoms with E-state index in [-0.39, 0.29) is 24.1 Å². The second-order valence-corrected chi connectivity index (χ2v) is 7.38. The van der Waals surface area contributed by atoms with E-state index in [0.717, 1.165) is 18.4 Å². The number of carbonyl (C=O) groups is 2. The third-order valence-corrected chi connectivity index (χ3v) is 5.15. The molecule has 0 radical (unpaired) electrons. The van der Waals surface area contributed by atoms with Crippen molar-refractivity contribution in [1.29, 1.82) is 0 Å². The van der Waals surface area contributed by atoms with Gasteiger partial charge in [0.05, 0.1) is 11.1 Å². The summed E-state index contributed by atoms with van der Waals surface area (Å²) in [5.74, 6) is -1.29. The number of nitrogens with zero attached hydrogens (tertiary/aromatic N) is 1. The Bertz CT molecular complexity index is 823. The van der Waals surface area contributed by atoms with Crippen molar-refractivity contribution in [1.82, 2.24) is 4.90 Å². The number of rotatable bonds is 7. The smallest absolute Gasteiger partial charge is 0.329 e. The topological polar surface area (TPSA) is 46.6 Å². The van der Waals surface area contributed by atoms with Crippen molar-refractivity contribution in [3.05, 3.63) is 69.9 Å². The first-order valence-electron chi connectivity index (χ1n) is 8.99. The predicted octanol–water partition coefficient (Wildman–Crippen LogP) is 4.37. The van der Waals surface area contributed by atoms with Gasteiger partial charge in [-0.25, -0.2) is 9.18 Å². The molecule has 27 heavy (non-hydrogen) atoms. The molecule has 1 unspecified atom stereocenters. The van der Waals surface area contributed by atoms with Gasteiger partial charge in [0.2, 0.25) is 0 Å². The summed E-state index contributed by atoms with van der Waals surface area (Å²) in [6.45, 7) is 1.98. The van der Waals surface area contributed by atoms with Crippen molar-refractivity contribution in [2.24, 2.45) is 0 Å². The van der Waals surface area contributed by atoms with Crippen LogP contribution in [0, 0.1) is 5.82 Å². The Kier molecular flexibility index (Phi) is 6.26. The van der Waals surface area contributed by atoms with Gasteiger partial charge in [-0.15, -0.1) is 0 Å².